The number of halogens is 1. The van der Waals surface area contributed by atoms with E-state index in [0.717, 1.165) is 42.9 Å². The van der Waals surface area contributed by atoms with Crippen LogP contribution >= 0.6 is 0 Å². The summed E-state index contributed by atoms with van der Waals surface area (Å²) in [6.45, 7) is 7.56. The van der Waals surface area contributed by atoms with E-state index in [1.54, 1.807) is 6.07 Å². The molecule has 5 heteroatoms. The summed E-state index contributed by atoms with van der Waals surface area (Å²) < 4.78 is 13.3. The van der Waals surface area contributed by atoms with Crippen molar-refractivity contribution < 1.29 is 4.39 Å². The second-order valence-corrected chi connectivity index (χ2v) is 7.08. The largest absolute Gasteiger partial charge is 0.361 e. The van der Waals surface area contributed by atoms with Gasteiger partial charge in [-0.3, -0.25) is 4.99 Å². The first-order valence-electron chi connectivity index (χ1n) is 8.78. The number of nitrogens with zero attached hydrogens (tertiary/aromatic N) is 2. The van der Waals surface area contributed by atoms with Gasteiger partial charge in [0.1, 0.15) is 5.82 Å². The Morgan fingerprint density at radius 2 is 2.08 bits per heavy atom. The molecule has 3 rings (SSSR count). The molecule has 0 saturated carbocycles. The number of aromatic amines is 1. The molecule has 1 fully saturated rings. The minimum absolute atomic E-state index is 0.206. The number of piperidine rings is 1. The zero-order chi connectivity index (χ0) is 17.1. The SMILES string of the molecule is CN=C(NCCc1c[nH]c2cc(F)ccc12)N1CC(C)CC(C)C1. The normalized spacial score (nSPS) is 22.2. The Kier molecular flexibility index (Phi) is 5.07. The third-order valence-corrected chi connectivity index (χ3v) is 4.79. The summed E-state index contributed by atoms with van der Waals surface area (Å²) in [5.74, 6) is 2.19. The van der Waals surface area contributed by atoms with Crippen LogP contribution in [0.15, 0.2) is 29.4 Å². The van der Waals surface area contributed by atoms with Crippen molar-refractivity contribution in [1.82, 2.24) is 15.2 Å². The highest BCUT2D eigenvalue weighted by molar-refractivity contribution is 5.83. The number of H-pyrrole nitrogens is 1. The predicted octanol–water partition coefficient (Wildman–Crippen LogP) is 3.40. The molecule has 1 aromatic heterocycles. The summed E-state index contributed by atoms with van der Waals surface area (Å²) in [5.41, 5.74) is 2.06. The van der Waals surface area contributed by atoms with Crippen LogP contribution in [0, 0.1) is 17.7 Å². The fourth-order valence-electron chi connectivity index (χ4n) is 3.84. The quantitative estimate of drug-likeness (QED) is 0.669. The van der Waals surface area contributed by atoms with E-state index in [1.807, 2.05) is 19.3 Å². The Morgan fingerprint density at radius 3 is 2.79 bits per heavy atom. The maximum absolute atomic E-state index is 13.3. The Morgan fingerprint density at radius 1 is 1.33 bits per heavy atom. The molecule has 2 atom stereocenters. The van der Waals surface area contributed by atoms with Crippen molar-refractivity contribution in [2.45, 2.75) is 26.7 Å². The molecule has 0 amide bonds. The molecular weight excluding hydrogens is 303 g/mol. The summed E-state index contributed by atoms with van der Waals surface area (Å²) >= 11 is 0. The molecule has 0 radical (unpaired) electrons. The van der Waals surface area contributed by atoms with Gasteiger partial charge in [-0.15, -0.1) is 0 Å². The van der Waals surface area contributed by atoms with Crippen LogP contribution in [0.3, 0.4) is 0 Å². The van der Waals surface area contributed by atoms with Gasteiger partial charge in [0.15, 0.2) is 5.96 Å². The van der Waals surface area contributed by atoms with Crippen LogP contribution in [-0.2, 0) is 6.42 Å². The lowest BCUT2D eigenvalue weighted by molar-refractivity contribution is 0.208. The maximum atomic E-state index is 13.3. The monoisotopic (exact) mass is 330 g/mol. The van der Waals surface area contributed by atoms with Crippen LogP contribution < -0.4 is 5.32 Å². The summed E-state index contributed by atoms with van der Waals surface area (Å²) in [7, 11) is 1.85. The smallest absolute Gasteiger partial charge is 0.193 e. The molecule has 1 aliphatic rings. The molecule has 0 bridgehead atoms. The maximum Gasteiger partial charge on any atom is 0.193 e. The molecule has 1 aromatic carbocycles. The number of benzene rings is 1. The topological polar surface area (TPSA) is 43.4 Å². The Balaban J connectivity index is 1.60. The van der Waals surface area contributed by atoms with Crippen LogP contribution in [0.25, 0.3) is 10.9 Å². The second-order valence-electron chi connectivity index (χ2n) is 7.08. The third-order valence-electron chi connectivity index (χ3n) is 4.79. The minimum Gasteiger partial charge on any atom is -0.361 e. The molecule has 2 aromatic rings. The number of aromatic nitrogens is 1. The number of hydrogen-bond donors (Lipinski definition) is 2. The molecular formula is C19H27FN4. The lowest BCUT2D eigenvalue weighted by atomic mass is 9.92. The number of guanidine groups is 1. The average Bonchev–Trinajstić information content (AvgIpc) is 2.92. The standard InChI is InChI=1S/C19H27FN4/c1-13-8-14(2)12-24(11-13)19(21-3)22-7-6-15-10-23-18-9-16(20)4-5-17(15)18/h4-5,9-10,13-14,23H,6-8,11-12H2,1-3H3,(H,21,22). The number of hydrogen-bond acceptors (Lipinski definition) is 1. The zero-order valence-corrected chi connectivity index (χ0v) is 14.8. The van der Waals surface area contributed by atoms with Gasteiger partial charge in [-0.05, 0) is 48.4 Å². The fourth-order valence-corrected chi connectivity index (χ4v) is 3.84. The summed E-state index contributed by atoms with van der Waals surface area (Å²) in [6.07, 6.45) is 4.14. The van der Waals surface area contributed by atoms with Crippen molar-refractivity contribution in [1.29, 1.82) is 0 Å². The van der Waals surface area contributed by atoms with Gasteiger partial charge in [-0.25, -0.2) is 4.39 Å². The van der Waals surface area contributed by atoms with Gasteiger partial charge in [0, 0.05) is 43.8 Å². The highest BCUT2D eigenvalue weighted by atomic mass is 19.1. The van der Waals surface area contributed by atoms with E-state index in [-0.39, 0.29) is 5.82 Å². The highest BCUT2D eigenvalue weighted by Crippen LogP contribution is 2.21. The van der Waals surface area contributed by atoms with E-state index in [9.17, 15) is 4.39 Å². The molecule has 1 saturated heterocycles. The Labute approximate surface area is 143 Å². The van der Waals surface area contributed by atoms with E-state index < -0.39 is 0 Å². The van der Waals surface area contributed by atoms with Gasteiger partial charge in [0.2, 0.25) is 0 Å². The molecule has 1 aliphatic heterocycles. The second kappa shape index (κ2) is 7.24. The van der Waals surface area contributed by atoms with Gasteiger partial charge in [-0.1, -0.05) is 13.8 Å². The van der Waals surface area contributed by atoms with Crippen LogP contribution in [0.5, 0.6) is 0 Å². The number of rotatable bonds is 3. The molecule has 4 nitrogen and oxygen atoms in total. The zero-order valence-electron chi connectivity index (χ0n) is 14.8. The first kappa shape index (κ1) is 16.8. The van der Waals surface area contributed by atoms with Crippen LogP contribution in [0.1, 0.15) is 25.8 Å². The van der Waals surface area contributed by atoms with E-state index in [2.05, 4.69) is 34.0 Å². The number of fused-ring (bicyclic) bond motifs is 1. The molecule has 130 valence electrons. The van der Waals surface area contributed by atoms with Crippen molar-refractivity contribution in [3.05, 3.63) is 35.8 Å². The molecule has 2 unspecified atom stereocenters. The molecule has 2 N–H and O–H groups in total. The third kappa shape index (κ3) is 3.71. The summed E-state index contributed by atoms with van der Waals surface area (Å²) in [5, 5.41) is 4.57. The predicted molar refractivity (Wildman–Crippen MR) is 97.8 cm³/mol. The molecule has 0 aliphatic carbocycles. The number of likely N-dealkylation sites (tertiary alicyclic amines) is 1. The van der Waals surface area contributed by atoms with E-state index in [0.29, 0.717) is 11.8 Å². The van der Waals surface area contributed by atoms with Crippen molar-refractivity contribution in [3.8, 4) is 0 Å². The van der Waals surface area contributed by atoms with Crippen LogP contribution in [-0.4, -0.2) is 42.5 Å². The van der Waals surface area contributed by atoms with E-state index in [1.165, 1.54) is 18.1 Å². The summed E-state index contributed by atoms with van der Waals surface area (Å²) in [4.78, 5) is 9.96. The van der Waals surface area contributed by atoms with Gasteiger partial charge < -0.3 is 15.2 Å². The Hall–Kier alpha value is -2.04. The first-order chi connectivity index (χ1) is 11.6. The Bertz CT molecular complexity index is 711. The summed E-state index contributed by atoms with van der Waals surface area (Å²) in [6, 6.07) is 4.91. The fraction of sp³-hybridized carbons (Fsp3) is 0.526. The van der Waals surface area contributed by atoms with E-state index in [4.69, 9.17) is 0 Å². The highest BCUT2D eigenvalue weighted by Gasteiger charge is 2.23. The van der Waals surface area contributed by atoms with Crippen LogP contribution in [0.2, 0.25) is 0 Å². The van der Waals surface area contributed by atoms with E-state index >= 15 is 0 Å². The molecule has 24 heavy (non-hydrogen) atoms. The molecule has 0 spiro atoms. The van der Waals surface area contributed by atoms with Crippen molar-refractivity contribution in [2.24, 2.45) is 16.8 Å². The number of aliphatic imine (C=N–C) groups is 1. The van der Waals surface area contributed by atoms with Gasteiger partial charge in [0.25, 0.3) is 0 Å². The minimum atomic E-state index is -0.206. The van der Waals surface area contributed by atoms with Crippen molar-refractivity contribution >= 4 is 16.9 Å². The van der Waals surface area contributed by atoms with Gasteiger partial charge in [0.05, 0.1) is 0 Å². The lowest BCUT2D eigenvalue weighted by Crippen LogP contribution is -2.48. The lowest BCUT2D eigenvalue weighted by Gasteiger charge is -2.37. The van der Waals surface area contributed by atoms with Crippen molar-refractivity contribution in [3.63, 3.8) is 0 Å². The van der Waals surface area contributed by atoms with Gasteiger partial charge in [-0.2, -0.15) is 0 Å². The average molecular weight is 330 g/mol. The van der Waals surface area contributed by atoms with Crippen molar-refractivity contribution in [2.75, 3.05) is 26.7 Å². The van der Waals surface area contributed by atoms with Gasteiger partial charge >= 0.3 is 0 Å². The number of nitrogens with one attached hydrogen (secondary N) is 2. The molecule has 2 heterocycles. The first-order valence-corrected chi connectivity index (χ1v) is 8.78. The van der Waals surface area contributed by atoms with Crippen LogP contribution in [0.4, 0.5) is 4.39 Å².